The summed E-state index contributed by atoms with van der Waals surface area (Å²) in [4.78, 5) is 31.9. The van der Waals surface area contributed by atoms with Crippen LogP contribution < -0.4 is 5.32 Å². The topological polar surface area (TPSA) is 97.6 Å². The fourth-order valence-corrected chi connectivity index (χ4v) is 3.82. The van der Waals surface area contributed by atoms with Crippen LogP contribution in [0.2, 0.25) is 0 Å². The lowest BCUT2D eigenvalue weighted by atomic mass is 9.89. The standard InChI is InChI=1S/C23H32N4O4/c1-4-12-30-13-9-24-23(29)20-6-5-16(2)25-22(20)18-7-10-27(11-8-18)21(28)15-19-14-17(3)26-31-19/h5-6,14,18H,4,7-13,15H2,1-3H3,(H,24,29). The lowest BCUT2D eigenvalue weighted by Gasteiger charge is -2.32. The first-order valence-corrected chi connectivity index (χ1v) is 11.0. The van der Waals surface area contributed by atoms with Crippen molar-refractivity contribution in [1.82, 2.24) is 20.4 Å². The van der Waals surface area contributed by atoms with Gasteiger partial charge in [-0.05, 0) is 45.2 Å². The largest absolute Gasteiger partial charge is 0.380 e. The number of hydrogen-bond donors (Lipinski definition) is 1. The minimum Gasteiger partial charge on any atom is -0.380 e. The number of aryl methyl sites for hydroxylation is 2. The Morgan fingerprint density at radius 3 is 2.65 bits per heavy atom. The number of ether oxygens (including phenoxy) is 1. The molecule has 0 aliphatic carbocycles. The minimum atomic E-state index is -0.123. The van der Waals surface area contributed by atoms with Gasteiger partial charge in [-0.25, -0.2) is 0 Å². The average molecular weight is 429 g/mol. The van der Waals surface area contributed by atoms with Crippen LogP contribution >= 0.6 is 0 Å². The molecular formula is C23H32N4O4. The Morgan fingerprint density at radius 2 is 1.97 bits per heavy atom. The molecule has 8 heteroatoms. The maximum Gasteiger partial charge on any atom is 0.253 e. The summed E-state index contributed by atoms with van der Waals surface area (Å²) in [7, 11) is 0. The van der Waals surface area contributed by atoms with Crippen LogP contribution in [0, 0.1) is 13.8 Å². The maximum absolute atomic E-state index is 12.7. The Balaban J connectivity index is 1.58. The van der Waals surface area contributed by atoms with Crippen LogP contribution in [0.3, 0.4) is 0 Å². The molecule has 1 fully saturated rings. The van der Waals surface area contributed by atoms with E-state index in [0.29, 0.717) is 44.2 Å². The molecule has 8 nitrogen and oxygen atoms in total. The molecule has 2 aromatic heterocycles. The number of aromatic nitrogens is 2. The Hall–Kier alpha value is -2.74. The van der Waals surface area contributed by atoms with Gasteiger partial charge < -0.3 is 19.5 Å². The number of nitrogens with zero attached hydrogens (tertiary/aromatic N) is 3. The second kappa shape index (κ2) is 11.0. The second-order valence-corrected chi connectivity index (χ2v) is 8.02. The third kappa shape index (κ3) is 6.37. The summed E-state index contributed by atoms with van der Waals surface area (Å²) >= 11 is 0. The lowest BCUT2D eigenvalue weighted by Crippen LogP contribution is -2.39. The van der Waals surface area contributed by atoms with Crippen molar-refractivity contribution < 1.29 is 18.8 Å². The van der Waals surface area contributed by atoms with E-state index in [1.54, 1.807) is 6.07 Å². The van der Waals surface area contributed by atoms with Gasteiger partial charge in [-0.3, -0.25) is 14.6 Å². The van der Waals surface area contributed by atoms with Crippen LogP contribution in [-0.2, 0) is 16.0 Å². The Kier molecular flexibility index (Phi) is 8.17. The summed E-state index contributed by atoms with van der Waals surface area (Å²) < 4.78 is 10.6. The number of carbonyl (C=O) groups excluding carboxylic acids is 2. The van der Waals surface area contributed by atoms with Gasteiger partial charge in [-0.1, -0.05) is 12.1 Å². The van der Waals surface area contributed by atoms with Gasteiger partial charge in [0.25, 0.3) is 5.91 Å². The van der Waals surface area contributed by atoms with Gasteiger partial charge in [-0.15, -0.1) is 0 Å². The van der Waals surface area contributed by atoms with Crippen LogP contribution in [0.25, 0.3) is 0 Å². The lowest BCUT2D eigenvalue weighted by molar-refractivity contribution is -0.131. The van der Waals surface area contributed by atoms with Gasteiger partial charge in [0.15, 0.2) is 0 Å². The molecule has 0 saturated carbocycles. The monoisotopic (exact) mass is 428 g/mol. The fraction of sp³-hybridized carbons (Fsp3) is 0.565. The van der Waals surface area contributed by atoms with Gasteiger partial charge in [0, 0.05) is 43.9 Å². The molecule has 0 radical (unpaired) electrons. The van der Waals surface area contributed by atoms with Gasteiger partial charge in [-0.2, -0.15) is 0 Å². The summed E-state index contributed by atoms with van der Waals surface area (Å²) in [6, 6.07) is 5.51. The average Bonchev–Trinajstić information content (AvgIpc) is 3.18. The highest BCUT2D eigenvalue weighted by molar-refractivity contribution is 5.95. The zero-order chi connectivity index (χ0) is 22.2. The molecule has 1 aliphatic heterocycles. The molecule has 0 unspecified atom stereocenters. The van der Waals surface area contributed by atoms with E-state index >= 15 is 0 Å². The number of piperidine rings is 1. The van der Waals surface area contributed by atoms with Crippen molar-refractivity contribution in [1.29, 1.82) is 0 Å². The van der Waals surface area contributed by atoms with Crippen LogP contribution in [0.15, 0.2) is 22.7 Å². The van der Waals surface area contributed by atoms with Crippen LogP contribution in [0.4, 0.5) is 0 Å². The van der Waals surface area contributed by atoms with E-state index in [2.05, 4.69) is 17.4 Å². The third-order valence-electron chi connectivity index (χ3n) is 5.43. The van der Waals surface area contributed by atoms with Crippen molar-refractivity contribution in [3.8, 4) is 0 Å². The molecule has 0 atom stereocenters. The van der Waals surface area contributed by atoms with Crippen molar-refractivity contribution in [2.75, 3.05) is 32.8 Å². The van der Waals surface area contributed by atoms with Crippen LogP contribution in [-0.4, -0.2) is 59.7 Å². The first kappa shape index (κ1) is 22.9. The van der Waals surface area contributed by atoms with Crippen molar-refractivity contribution in [3.05, 3.63) is 46.6 Å². The second-order valence-electron chi connectivity index (χ2n) is 8.02. The molecule has 1 N–H and O–H groups in total. The number of pyridine rings is 1. The minimum absolute atomic E-state index is 0.0387. The molecular weight excluding hydrogens is 396 g/mol. The Morgan fingerprint density at radius 1 is 1.19 bits per heavy atom. The number of hydrogen-bond acceptors (Lipinski definition) is 6. The normalized spacial score (nSPS) is 14.6. The summed E-state index contributed by atoms with van der Waals surface area (Å²) in [5.41, 5.74) is 3.10. The van der Waals surface area contributed by atoms with E-state index in [1.165, 1.54) is 0 Å². The summed E-state index contributed by atoms with van der Waals surface area (Å²) in [6.07, 6.45) is 2.73. The highest BCUT2D eigenvalue weighted by Gasteiger charge is 2.28. The Labute approximate surface area is 183 Å². The first-order chi connectivity index (χ1) is 15.0. The molecule has 0 bridgehead atoms. The number of nitrogens with one attached hydrogen (secondary N) is 1. The van der Waals surface area contributed by atoms with E-state index in [1.807, 2.05) is 30.9 Å². The predicted molar refractivity (Wildman–Crippen MR) is 116 cm³/mol. The van der Waals surface area contributed by atoms with E-state index < -0.39 is 0 Å². The van der Waals surface area contributed by atoms with Crippen LogP contribution in [0.1, 0.15) is 65.3 Å². The molecule has 2 aromatic rings. The number of rotatable bonds is 9. The van der Waals surface area contributed by atoms with E-state index in [4.69, 9.17) is 14.2 Å². The smallest absolute Gasteiger partial charge is 0.253 e. The van der Waals surface area contributed by atoms with Crippen molar-refractivity contribution in [2.45, 2.75) is 52.4 Å². The fourth-order valence-electron chi connectivity index (χ4n) is 3.82. The van der Waals surface area contributed by atoms with E-state index in [0.717, 1.165) is 36.3 Å². The van der Waals surface area contributed by atoms with Crippen LogP contribution in [0.5, 0.6) is 0 Å². The molecule has 3 rings (SSSR count). The highest BCUT2D eigenvalue weighted by Crippen LogP contribution is 2.29. The third-order valence-corrected chi connectivity index (χ3v) is 5.43. The number of carbonyl (C=O) groups is 2. The molecule has 0 spiro atoms. The number of likely N-dealkylation sites (tertiary alicyclic amines) is 1. The molecule has 31 heavy (non-hydrogen) atoms. The zero-order valence-electron chi connectivity index (χ0n) is 18.6. The van der Waals surface area contributed by atoms with Crippen molar-refractivity contribution in [3.63, 3.8) is 0 Å². The number of amides is 2. The quantitative estimate of drug-likeness (QED) is 0.617. The van der Waals surface area contributed by atoms with Gasteiger partial charge >= 0.3 is 0 Å². The highest BCUT2D eigenvalue weighted by atomic mass is 16.5. The summed E-state index contributed by atoms with van der Waals surface area (Å²) in [6.45, 7) is 8.76. The van der Waals surface area contributed by atoms with Gasteiger partial charge in [0.1, 0.15) is 5.76 Å². The summed E-state index contributed by atoms with van der Waals surface area (Å²) in [5, 5.41) is 6.77. The van der Waals surface area contributed by atoms with E-state index in [-0.39, 0.29) is 24.2 Å². The first-order valence-electron chi connectivity index (χ1n) is 11.0. The zero-order valence-corrected chi connectivity index (χ0v) is 18.6. The van der Waals surface area contributed by atoms with Crippen molar-refractivity contribution >= 4 is 11.8 Å². The molecule has 2 amide bonds. The molecule has 0 aromatic carbocycles. The van der Waals surface area contributed by atoms with Crippen molar-refractivity contribution in [2.24, 2.45) is 0 Å². The molecule has 1 aliphatic rings. The SMILES string of the molecule is CCCOCCNC(=O)c1ccc(C)nc1C1CCN(C(=O)Cc2cc(C)no2)CC1. The molecule has 1 saturated heterocycles. The van der Waals surface area contributed by atoms with Gasteiger partial charge in [0.2, 0.25) is 5.91 Å². The molecule has 3 heterocycles. The van der Waals surface area contributed by atoms with E-state index in [9.17, 15) is 9.59 Å². The molecule has 168 valence electrons. The predicted octanol–water partition coefficient (Wildman–Crippen LogP) is 2.79. The van der Waals surface area contributed by atoms with Gasteiger partial charge in [0.05, 0.1) is 30.0 Å². The Bertz CT molecular complexity index is 887. The maximum atomic E-state index is 12.7. The summed E-state index contributed by atoms with van der Waals surface area (Å²) in [5.74, 6) is 0.652.